The molecular weight excluding hydrogens is 241 g/mol. The molecular formula is C10H9N3Se. The van der Waals surface area contributed by atoms with E-state index in [0.717, 1.165) is 23.2 Å². The molecule has 2 heterocycles. The maximum absolute atomic E-state index is 5.77. The first-order valence-electron chi connectivity index (χ1n) is 4.54. The summed E-state index contributed by atoms with van der Waals surface area (Å²) in [4.78, 5) is 8.78. The van der Waals surface area contributed by atoms with Crippen LogP contribution in [-0.4, -0.2) is 24.5 Å². The van der Waals surface area contributed by atoms with E-state index in [1.54, 1.807) is 0 Å². The first-order chi connectivity index (χ1) is 6.84. The van der Waals surface area contributed by atoms with Gasteiger partial charge >= 0.3 is 87.5 Å². The molecule has 0 unspecified atom stereocenters. The number of aryl methyl sites for hydroxylation is 2. The standard InChI is InChI=1S/C10H9N3Se/c11-10-13-9-6-2-1-5-12-7(6)3-4-8(9)14-10/h1-2,5H,3-4H2,(H2,11,13). The number of fused-ring (bicyclic) bond motifs is 3. The molecule has 4 heteroatoms. The second-order valence-corrected chi connectivity index (χ2v) is 5.66. The quantitative estimate of drug-likeness (QED) is 0.706. The molecule has 0 saturated carbocycles. The van der Waals surface area contributed by atoms with Gasteiger partial charge in [-0.25, -0.2) is 0 Å². The fourth-order valence-electron chi connectivity index (χ4n) is 1.83. The summed E-state index contributed by atoms with van der Waals surface area (Å²) in [6, 6.07) is 4.06. The predicted molar refractivity (Wildman–Crippen MR) is 56.2 cm³/mol. The summed E-state index contributed by atoms with van der Waals surface area (Å²) in [7, 11) is 0. The molecule has 0 fully saturated rings. The summed E-state index contributed by atoms with van der Waals surface area (Å²) < 4.78 is 2.25. The van der Waals surface area contributed by atoms with Gasteiger partial charge in [-0.05, 0) is 0 Å². The molecule has 1 aliphatic carbocycles. The van der Waals surface area contributed by atoms with Gasteiger partial charge in [-0.15, -0.1) is 0 Å². The number of nitrogen functional groups attached to an aromatic ring is 1. The monoisotopic (exact) mass is 251 g/mol. The van der Waals surface area contributed by atoms with Gasteiger partial charge in [0.15, 0.2) is 0 Å². The Bertz CT molecular complexity index is 490. The van der Waals surface area contributed by atoms with E-state index in [1.165, 1.54) is 15.7 Å². The second-order valence-electron chi connectivity index (χ2n) is 3.32. The molecule has 3 nitrogen and oxygen atoms in total. The number of nitrogens with zero attached hydrogens (tertiary/aromatic N) is 2. The number of hydrogen-bond donors (Lipinski definition) is 1. The average Bonchev–Trinajstić information content (AvgIpc) is 2.59. The molecule has 0 aliphatic heterocycles. The Morgan fingerprint density at radius 3 is 3.21 bits per heavy atom. The fraction of sp³-hybridized carbons (Fsp3) is 0.200. The van der Waals surface area contributed by atoms with Crippen LogP contribution in [0, 0.1) is 0 Å². The second kappa shape index (κ2) is 2.94. The molecule has 0 saturated heterocycles. The van der Waals surface area contributed by atoms with Crippen LogP contribution in [0.2, 0.25) is 0 Å². The van der Waals surface area contributed by atoms with E-state index in [4.69, 9.17) is 5.73 Å². The van der Waals surface area contributed by atoms with Gasteiger partial charge in [0, 0.05) is 0 Å². The Kier molecular flexibility index (Phi) is 1.72. The summed E-state index contributed by atoms with van der Waals surface area (Å²) in [6.45, 7) is 0. The van der Waals surface area contributed by atoms with Crippen molar-refractivity contribution in [2.24, 2.45) is 0 Å². The van der Waals surface area contributed by atoms with Crippen molar-refractivity contribution in [3.05, 3.63) is 28.5 Å². The predicted octanol–water partition coefficient (Wildman–Crippen LogP) is 0.881. The van der Waals surface area contributed by atoms with Crippen LogP contribution in [0.25, 0.3) is 11.3 Å². The Morgan fingerprint density at radius 2 is 2.29 bits per heavy atom. The molecule has 14 heavy (non-hydrogen) atoms. The van der Waals surface area contributed by atoms with Crippen molar-refractivity contribution in [3.63, 3.8) is 0 Å². The Morgan fingerprint density at radius 1 is 1.36 bits per heavy atom. The Labute approximate surface area is 87.7 Å². The van der Waals surface area contributed by atoms with Gasteiger partial charge in [-0.1, -0.05) is 0 Å². The summed E-state index contributed by atoms with van der Waals surface area (Å²) in [5, 5.41) is 0. The average molecular weight is 250 g/mol. The number of nitrogens with two attached hydrogens (primary N) is 1. The van der Waals surface area contributed by atoms with Crippen LogP contribution in [-0.2, 0) is 12.8 Å². The number of hydrogen-bond acceptors (Lipinski definition) is 3. The minimum atomic E-state index is 0.295. The summed E-state index contributed by atoms with van der Waals surface area (Å²) >= 11 is 0.295. The van der Waals surface area contributed by atoms with Crippen LogP contribution in [0.4, 0.5) is 4.69 Å². The third kappa shape index (κ3) is 1.11. The van der Waals surface area contributed by atoms with E-state index in [1.807, 2.05) is 12.3 Å². The van der Waals surface area contributed by atoms with Crippen molar-refractivity contribution >= 4 is 19.2 Å². The van der Waals surface area contributed by atoms with Gasteiger partial charge in [-0.2, -0.15) is 0 Å². The van der Waals surface area contributed by atoms with Crippen LogP contribution in [0.1, 0.15) is 10.1 Å². The van der Waals surface area contributed by atoms with E-state index < -0.39 is 0 Å². The first kappa shape index (κ1) is 8.21. The van der Waals surface area contributed by atoms with Crippen LogP contribution >= 0.6 is 0 Å². The number of pyridine rings is 1. The molecule has 3 rings (SSSR count). The van der Waals surface area contributed by atoms with Crippen LogP contribution in [0.3, 0.4) is 0 Å². The van der Waals surface area contributed by atoms with Gasteiger partial charge in [0.25, 0.3) is 0 Å². The van der Waals surface area contributed by atoms with Gasteiger partial charge < -0.3 is 0 Å². The van der Waals surface area contributed by atoms with Gasteiger partial charge in [-0.3, -0.25) is 0 Å². The van der Waals surface area contributed by atoms with Gasteiger partial charge in [0.05, 0.1) is 0 Å². The van der Waals surface area contributed by atoms with Crippen LogP contribution in [0.15, 0.2) is 18.3 Å². The SMILES string of the molecule is Nc1nc2c([se]1)CCc1ncccc1-2. The van der Waals surface area contributed by atoms with Crippen LogP contribution < -0.4 is 5.73 Å². The summed E-state index contributed by atoms with van der Waals surface area (Å²) in [6.07, 6.45) is 3.97. The van der Waals surface area contributed by atoms with Gasteiger partial charge in [0.2, 0.25) is 0 Å². The van der Waals surface area contributed by atoms with E-state index in [2.05, 4.69) is 16.0 Å². The summed E-state index contributed by atoms with van der Waals surface area (Å²) in [5.41, 5.74) is 9.23. The van der Waals surface area contributed by atoms with Gasteiger partial charge in [0.1, 0.15) is 0 Å². The van der Waals surface area contributed by atoms with Crippen molar-refractivity contribution in [1.29, 1.82) is 0 Å². The molecule has 0 aromatic carbocycles. The first-order valence-corrected chi connectivity index (χ1v) is 6.25. The van der Waals surface area contributed by atoms with Crippen molar-refractivity contribution in [2.75, 3.05) is 5.73 Å². The van der Waals surface area contributed by atoms with E-state index in [-0.39, 0.29) is 0 Å². The minimum absolute atomic E-state index is 0.295. The molecule has 0 amide bonds. The number of anilines is 1. The third-order valence-corrected chi connectivity index (χ3v) is 4.43. The molecule has 70 valence electrons. The van der Waals surface area contributed by atoms with E-state index in [0.29, 0.717) is 14.5 Å². The normalized spacial score (nSPS) is 13.4. The van der Waals surface area contributed by atoms with Crippen LogP contribution in [0.5, 0.6) is 0 Å². The molecule has 0 radical (unpaired) electrons. The van der Waals surface area contributed by atoms with Crippen molar-refractivity contribution in [1.82, 2.24) is 9.97 Å². The molecule has 0 spiro atoms. The van der Waals surface area contributed by atoms with Crippen molar-refractivity contribution in [3.8, 4) is 11.3 Å². The third-order valence-electron chi connectivity index (χ3n) is 2.45. The molecule has 0 atom stereocenters. The molecule has 2 aromatic rings. The molecule has 2 aromatic heterocycles. The molecule has 2 N–H and O–H groups in total. The zero-order valence-electron chi connectivity index (χ0n) is 7.53. The van der Waals surface area contributed by atoms with Crippen molar-refractivity contribution in [2.45, 2.75) is 12.8 Å². The van der Waals surface area contributed by atoms with Crippen molar-refractivity contribution < 1.29 is 0 Å². The zero-order chi connectivity index (χ0) is 9.54. The molecule has 1 aliphatic rings. The van der Waals surface area contributed by atoms with E-state index >= 15 is 0 Å². The number of aromatic nitrogens is 2. The van der Waals surface area contributed by atoms with E-state index in [9.17, 15) is 0 Å². The molecule has 0 bridgehead atoms. The Balaban J connectivity index is 2.28. The fourth-order valence-corrected chi connectivity index (χ4v) is 3.61. The Hall–Kier alpha value is -1.12. The maximum atomic E-state index is 5.77. The summed E-state index contributed by atoms with van der Waals surface area (Å²) in [5.74, 6) is 0. The number of rotatable bonds is 0. The zero-order valence-corrected chi connectivity index (χ0v) is 9.24. The topological polar surface area (TPSA) is 51.8 Å².